The lowest BCUT2D eigenvalue weighted by molar-refractivity contribution is -0.131. The van der Waals surface area contributed by atoms with Gasteiger partial charge in [0.25, 0.3) is 0 Å². The van der Waals surface area contributed by atoms with E-state index in [-0.39, 0.29) is 5.91 Å². The molecule has 4 heteroatoms. The summed E-state index contributed by atoms with van der Waals surface area (Å²) in [7, 11) is 1.86. The molecule has 1 aromatic carbocycles. The van der Waals surface area contributed by atoms with Gasteiger partial charge in [0.05, 0.1) is 6.54 Å². The highest BCUT2D eigenvalue weighted by Gasteiger charge is 2.22. The summed E-state index contributed by atoms with van der Waals surface area (Å²) in [6, 6.07) is 6.78. The molecule has 1 heterocycles. The minimum absolute atomic E-state index is 0.174. The van der Waals surface area contributed by atoms with Crippen LogP contribution in [-0.4, -0.2) is 37.0 Å². The smallest absolute Gasteiger partial charge is 0.236 e. The monoisotopic (exact) mass is 296 g/mol. The van der Waals surface area contributed by atoms with Crippen LogP contribution in [0, 0.1) is 6.92 Å². The van der Waals surface area contributed by atoms with Crippen molar-refractivity contribution in [1.82, 2.24) is 10.2 Å². The molecule has 1 aromatic rings. The van der Waals surface area contributed by atoms with Crippen LogP contribution in [-0.2, 0) is 11.2 Å². The molecule has 92 valence electrons. The van der Waals surface area contributed by atoms with Crippen molar-refractivity contribution in [3.63, 3.8) is 0 Å². The Morgan fingerprint density at radius 3 is 2.94 bits per heavy atom. The molecule has 0 spiro atoms. The van der Waals surface area contributed by atoms with E-state index in [0.29, 0.717) is 12.6 Å². The zero-order valence-electron chi connectivity index (χ0n) is 10.2. The van der Waals surface area contributed by atoms with Crippen LogP contribution < -0.4 is 5.32 Å². The number of carbonyl (C=O) groups is 1. The molecule has 1 saturated heterocycles. The second-order valence-corrected chi connectivity index (χ2v) is 5.49. The maximum atomic E-state index is 11.3. The molecule has 1 amide bonds. The van der Waals surface area contributed by atoms with Gasteiger partial charge >= 0.3 is 0 Å². The van der Waals surface area contributed by atoms with Gasteiger partial charge in [0, 0.05) is 24.1 Å². The van der Waals surface area contributed by atoms with Crippen molar-refractivity contribution < 1.29 is 4.79 Å². The molecule has 0 aliphatic carbocycles. The Morgan fingerprint density at radius 2 is 2.29 bits per heavy atom. The standard InChI is InChI=1S/C13H17BrN2O/c1-9-5-10(3-4-12(9)14)6-11-8-16(2)13(17)7-15-11/h3-5,11,15H,6-8H2,1-2H3. The van der Waals surface area contributed by atoms with Gasteiger partial charge in [-0.3, -0.25) is 4.79 Å². The third-order valence-electron chi connectivity index (χ3n) is 3.17. The fourth-order valence-electron chi connectivity index (χ4n) is 2.12. The summed E-state index contributed by atoms with van der Waals surface area (Å²) in [4.78, 5) is 13.1. The van der Waals surface area contributed by atoms with Gasteiger partial charge in [-0.2, -0.15) is 0 Å². The molecule has 3 nitrogen and oxygen atoms in total. The van der Waals surface area contributed by atoms with Crippen LogP contribution in [0.15, 0.2) is 22.7 Å². The number of nitrogens with zero attached hydrogens (tertiary/aromatic N) is 1. The maximum Gasteiger partial charge on any atom is 0.236 e. The number of amides is 1. The summed E-state index contributed by atoms with van der Waals surface area (Å²) in [6.45, 7) is 3.34. The molecular formula is C13H17BrN2O. The molecule has 0 aromatic heterocycles. The highest BCUT2D eigenvalue weighted by atomic mass is 79.9. The molecule has 1 N–H and O–H groups in total. The zero-order chi connectivity index (χ0) is 12.4. The van der Waals surface area contributed by atoms with Gasteiger partial charge in [0.1, 0.15) is 0 Å². The summed E-state index contributed by atoms with van der Waals surface area (Å²) >= 11 is 3.50. The predicted molar refractivity (Wildman–Crippen MR) is 72.0 cm³/mol. The Kier molecular flexibility index (Phi) is 3.84. The molecule has 17 heavy (non-hydrogen) atoms. The van der Waals surface area contributed by atoms with E-state index in [9.17, 15) is 4.79 Å². The number of nitrogens with one attached hydrogen (secondary N) is 1. The second-order valence-electron chi connectivity index (χ2n) is 4.64. The van der Waals surface area contributed by atoms with Crippen molar-refractivity contribution in [2.24, 2.45) is 0 Å². The number of carbonyl (C=O) groups excluding carboxylic acids is 1. The van der Waals surface area contributed by atoms with Crippen LogP contribution in [0.2, 0.25) is 0 Å². The van der Waals surface area contributed by atoms with Gasteiger partial charge < -0.3 is 10.2 Å². The highest BCUT2D eigenvalue weighted by molar-refractivity contribution is 9.10. The van der Waals surface area contributed by atoms with Crippen molar-refractivity contribution in [1.29, 1.82) is 0 Å². The lowest BCUT2D eigenvalue weighted by Gasteiger charge is -2.30. The van der Waals surface area contributed by atoms with Crippen molar-refractivity contribution in [2.75, 3.05) is 20.1 Å². The van der Waals surface area contributed by atoms with E-state index < -0.39 is 0 Å². The molecule has 1 fully saturated rings. The number of piperazine rings is 1. The topological polar surface area (TPSA) is 32.3 Å². The lowest BCUT2D eigenvalue weighted by atomic mass is 10.0. The van der Waals surface area contributed by atoms with Crippen molar-refractivity contribution in [3.8, 4) is 0 Å². The minimum Gasteiger partial charge on any atom is -0.343 e. The van der Waals surface area contributed by atoms with Crippen LogP contribution in [0.25, 0.3) is 0 Å². The Bertz CT molecular complexity index is 433. The van der Waals surface area contributed by atoms with Crippen LogP contribution >= 0.6 is 15.9 Å². The van der Waals surface area contributed by atoms with Crippen molar-refractivity contribution >= 4 is 21.8 Å². The van der Waals surface area contributed by atoms with E-state index in [1.165, 1.54) is 11.1 Å². The summed E-state index contributed by atoms with van der Waals surface area (Å²) in [5.74, 6) is 0.174. The van der Waals surface area contributed by atoms with E-state index >= 15 is 0 Å². The summed E-state index contributed by atoms with van der Waals surface area (Å²) in [5, 5.41) is 3.28. The molecule has 0 bridgehead atoms. The fraction of sp³-hybridized carbons (Fsp3) is 0.462. The normalized spacial score (nSPS) is 20.8. The lowest BCUT2D eigenvalue weighted by Crippen LogP contribution is -2.53. The number of hydrogen-bond acceptors (Lipinski definition) is 2. The summed E-state index contributed by atoms with van der Waals surface area (Å²) in [6.07, 6.45) is 0.964. The number of benzene rings is 1. The number of aryl methyl sites for hydroxylation is 1. The molecule has 1 unspecified atom stereocenters. The second kappa shape index (κ2) is 5.19. The van der Waals surface area contributed by atoms with Gasteiger partial charge in [-0.15, -0.1) is 0 Å². The number of rotatable bonds is 2. The molecule has 0 radical (unpaired) electrons. The first-order chi connectivity index (χ1) is 8.06. The van der Waals surface area contributed by atoms with Gasteiger partial charge in [-0.25, -0.2) is 0 Å². The molecule has 1 atom stereocenters. The molecule has 1 aliphatic rings. The number of halogens is 1. The van der Waals surface area contributed by atoms with E-state index in [1.807, 2.05) is 7.05 Å². The minimum atomic E-state index is 0.174. The van der Waals surface area contributed by atoms with E-state index in [2.05, 4.69) is 46.4 Å². The Morgan fingerprint density at radius 1 is 1.53 bits per heavy atom. The highest BCUT2D eigenvalue weighted by Crippen LogP contribution is 2.18. The summed E-state index contributed by atoms with van der Waals surface area (Å²) in [5.41, 5.74) is 2.56. The van der Waals surface area contributed by atoms with Gasteiger partial charge in [-0.05, 0) is 30.5 Å². The zero-order valence-corrected chi connectivity index (χ0v) is 11.8. The van der Waals surface area contributed by atoms with Crippen LogP contribution in [0.5, 0.6) is 0 Å². The summed E-state index contributed by atoms with van der Waals surface area (Å²) < 4.78 is 1.14. The van der Waals surface area contributed by atoms with Crippen LogP contribution in [0.1, 0.15) is 11.1 Å². The maximum absolute atomic E-state index is 11.3. The SMILES string of the molecule is Cc1cc(CC2CN(C)C(=O)CN2)ccc1Br. The quantitative estimate of drug-likeness (QED) is 0.901. The third-order valence-corrected chi connectivity index (χ3v) is 4.06. The Balaban J connectivity index is 2.01. The first kappa shape index (κ1) is 12.6. The van der Waals surface area contributed by atoms with Crippen LogP contribution in [0.3, 0.4) is 0 Å². The molecular weight excluding hydrogens is 280 g/mol. The largest absolute Gasteiger partial charge is 0.343 e. The van der Waals surface area contributed by atoms with Crippen LogP contribution in [0.4, 0.5) is 0 Å². The predicted octanol–water partition coefficient (Wildman–Crippen LogP) is 1.73. The van der Waals surface area contributed by atoms with Gasteiger partial charge in [-0.1, -0.05) is 28.1 Å². The van der Waals surface area contributed by atoms with Gasteiger partial charge in [0.2, 0.25) is 5.91 Å². The van der Waals surface area contributed by atoms with Crippen molar-refractivity contribution in [2.45, 2.75) is 19.4 Å². The van der Waals surface area contributed by atoms with E-state index in [1.54, 1.807) is 4.90 Å². The van der Waals surface area contributed by atoms with E-state index in [0.717, 1.165) is 17.4 Å². The third kappa shape index (κ3) is 3.07. The van der Waals surface area contributed by atoms with Crippen molar-refractivity contribution in [3.05, 3.63) is 33.8 Å². The first-order valence-corrected chi connectivity index (χ1v) is 6.58. The molecule has 2 rings (SSSR count). The number of likely N-dealkylation sites (N-methyl/N-ethyl adjacent to an activating group) is 1. The Labute approximate surface area is 110 Å². The average molecular weight is 297 g/mol. The first-order valence-electron chi connectivity index (χ1n) is 5.78. The average Bonchev–Trinajstić information content (AvgIpc) is 2.29. The number of hydrogen-bond donors (Lipinski definition) is 1. The molecule has 1 aliphatic heterocycles. The van der Waals surface area contributed by atoms with E-state index in [4.69, 9.17) is 0 Å². The van der Waals surface area contributed by atoms with Gasteiger partial charge in [0.15, 0.2) is 0 Å². The fourth-order valence-corrected chi connectivity index (χ4v) is 2.37. The Hall–Kier alpha value is -0.870. The molecule has 0 saturated carbocycles.